The molecule has 0 N–H and O–H groups in total. The van der Waals surface area contributed by atoms with E-state index in [2.05, 4.69) is 64.3 Å². The van der Waals surface area contributed by atoms with E-state index in [1.54, 1.807) is 0 Å². The molecule has 0 amide bonds. The summed E-state index contributed by atoms with van der Waals surface area (Å²) in [5, 5.41) is 0. The van der Waals surface area contributed by atoms with E-state index in [-0.39, 0.29) is 0 Å². The molecular formula is C21H36OSn. The van der Waals surface area contributed by atoms with Gasteiger partial charge in [0.2, 0.25) is 0 Å². The van der Waals surface area contributed by atoms with Gasteiger partial charge in [-0.25, -0.2) is 0 Å². The Bertz CT molecular complexity index is 417. The van der Waals surface area contributed by atoms with E-state index in [0.29, 0.717) is 0 Å². The van der Waals surface area contributed by atoms with Crippen LogP contribution in [0.5, 0.6) is 0 Å². The fraction of sp³-hybridized carbons (Fsp3) is 0.619. The molecule has 0 unspecified atom stereocenters. The third-order valence-electron chi connectivity index (χ3n) is 4.67. The molecule has 0 fully saturated rings. The number of hydrogen-bond acceptors (Lipinski definition) is 1. The molecule has 0 atom stereocenters. The molecule has 2 heteroatoms. The van der Waals surface area contributed by atoms with Crippen LogP contribution in [0.15, 0.2) is 36.6 Å². The van der Waals surface area contributed by atoms with Crippen molar-refractivity contribution in [2.75, 3.05) is 0 Å². The second-order valence-electron chi connectivity index (χ2n) is 6.78. The summed E-state index contributed by atoms with van der Waals surface area (Å²) in [6, 6.07) is 10.6. The summed E-state index contributed by atoms with van der Waals surface area (Å²) in [5.74, 6) is 0. The Morgan fingerprint density at radius 3 is 1.78 bits per heavy atom. The van der Waals surface area contributed by atoms with Crippen molar-refractivity contribution in [1.82, 2.24) is 0 Å². The van der Waals surface area contributed by atoms with Gasteiger partial charge in [-0.2, -0.15) is 0 Å². The number of benzene rings is 1. The van der Waals surface area contributed by atoms with E-state index in [1.807, 2.05) is 0 Å². The molecule has 0 spiro atoms. The summed E-state index contributed by atoms with van der Waals surface area (Å²) in [7, 11) is 0. The zero-order valence-electron chi connectivity index (χ0n) is 15.7. The topological polar surface area (TPSA) is 9.23 Å². The van der Waals surface area contributed by atoms with Gasteiger partial charge in [0.15, 0.2) is 0 Å². The summed E-state index contributed by atoms with van der Waals surface area (Å²) < 4.78 is 10.9. The van der Waals surface area contributed by atoms with Gasteiger partial charge < -0.3 is 0 Å². The average Bonchev–Trinajstić information content (AvgIpc) is 2.61. The molecule has 0 radical (unpaired) electrons. The van der Waals surface area contributed by atoms with E-state index in [1.165, 1.54) is 63.0 Å². The summed E-state index contributed by atoms with van der Waals surface area (Å²) >= 11 is -2.49. The molecule has 1 nitrogen and oxygen atoms in total. The van der Waals surface area contributed by atoms with Crippen LogP contribution in [-0.4, -0.2) is 18.8 Å². The predicted octanol–water partition coefficient (Wildman–Crippen LogP) is 7.41. The van der Waals surface area contributed by atoms with E-state index in [9.17, 15) is 0 Å². The van der Waals surface area contributed by atoms with Crippen molar-refractivity contribution in [2.45, 2.75) is 79.5 Å². The third-order valence-corrected chi connectivity index (χ3v) is 17.3. The first-order valence-corrected chi connectivity index (χ1v) is 16.8. The van der Waals surface area contributed by atoms with Gasteiger partial charge in [0, 0.05) is 0 Å². The second-order valence-corrected chi connectivity index (χ2v) is 18.5. The first kappa shape index (κ1) is 20.6. The molecular weight excluding hydrogens is 387 g/mol. The van der Waals surface area contributed by atoms with Crippen LogP contribution in [-0.2, 0) is 3.07 Å². The Morgan fingerprint density at radius 2 is 1.35 bits per heavy atom. The summed E-state index contributed by atoms with van der Waals surface area (Å²) in [5.41, 5.74) is 2.56. The van der Waals surface area contributed by atoms with Crippen molar-refractivity contribution in [3.8, 4) is 0 Å². The Morgan fingerprint density at radius 1 is 0.870 bits per heavy atom. The van der Waals surface area contributed by atoms with Gasteiger partial charge in [-0.1, -0.05) is 0 Å². The van der Waals surface area contributed by atoms with Crippen molar-refractivity contribution in [3.63, 3.8) is 0 Å². The molecule has 0 aliphatic rings. The average molecular weight is 423 g/mol. The van der Waals surface area contributed by atoms with Crippen molar-refractivity contribution in [1.29, 1.82) is 0 Å². The van der Waals surface area contributed by atoms with Crippen LogP contribution >= 0.6 is 0 Å². The fourth-order valence-electron chi connectivity index (χ4n) is 3.03. The summed E-state index contributed by atoms with van der Waals surface area (Å²) in [6.45, 7) is 9.11. The molecule has 0 aliphatic carbocycles. The van der Waals surface area contributed by atoms with Gasteiger partial charge in [-0.3, -0.25) is 0 Å². The first-order chi connectivity index (χ1) is 11.2. The van der Waals surface area contributed by atoms with Crippen molar-refractivity contribution in [2.24, 2.45) is 0 Å². The van der Waals surface area contributed by atoms with Gasteiger partial charge in [0.05, 0.1) is 0 Å². The zero-order valence-corrected chi connectivity index (χ0v) is 18.6. The molecule has 130 valence electrons. The SMILES string of the molecule is CCC[CH2][Sn]([CH2]CCC)([CH2]CCC)[O]/C=C(\C)c1ccccc1. The van der Waals surface area contributed by atoms with Crippen LogP contribution in [0, 0.1) is 0 Å². The van der Waals surface area contributed by atoms with Crippen LogP contribution < -0.4 is 0 Å². The fourth-order valence-corrected chi connectivity index (χ4v) is 15.9. The van der Waals surface area contributed by atoms with Gasteiger partial charge in [-0.15, -0.1) is 0 Å². The molecule has 0 bridgehead atoms. The molecule has 1 aromatic carbocycles. The van der Waals surface area contributed by atoms with Crippen LogP contribution in [0.2, 0.25) is 13.3 Å². The minimum absolute atomic E-state index is 1.27. The van der Waals surface area contributed by atoms with Crippen LogP contribution in [0.1, 0.15) is 71.8 Å². The van der Waals surface area contributed by atoms with Gasteiger partial charge in [0.25, 0.3) is 0 Å². The van der Waals surface area contributed by atoms with Crippen LogP contribution in [0.3, 0.4) is 0 Å². The van der Waals surface area contributed by atoms with Gasteiger partial charge in [-0.05, 0) is 0 Å². The molecule has 0 saturated carbocycles. The normalized spacial score (nSPS) is 12.4. The molecule has 1 aromatic rings. The molecule has 0 aliphatic heterocycles. The Hall–Kier alpha value is -0.441. The number of hydrogen-bond donors (Lipinski definition) is 0. The van der Waals surface area contributed by atoms with Crippen LogP contribution in [0.25, 0.3) is 5.57 Å². The Balaban J connectivity index is 2.87. The van der Waals surface area contributed by atoms with Gasteiger partial charge in [0.1, 0.15) is 0 Å². The summed E-state index contributed by atoms with van der Waals surface area (Å²) in [4.78, 5) is 0. The van der Waals surface area contributed by atoms with Crippen molar-refractivity contribution >= 4 is 24.4 Å². The molecule has 0 aromatic heterocycles. The number of rotatable bonds is 12. The molecule has 1 rings (SSSR count). The standard InChI is InChI=1S/C9H10O.3C4H9.Sn/c1-8(7-10)9-5-3-2-4-6-9;3*1-3-4-2;/h2-7,10H,1H3;3*1,3-4H2,2H3;/q;;;;+1/p-1/b8-7+;;;;. The maximum atomic E-state index is 6.70. The predicted molar refractivity (Wildman–Crippen MR) is 106 cm³/mol. The molecule has 0 saturated heterocycles. The number of allylic oxidation sites excluding steroid dienone is 1. The molecule has 0 heterocycles. The van der Waals surface area contributed by atoms with E-state index in [4.69, 9.17) is 3.07 Å². The quantitative estimate of drug-likeness (QED) is 0.251. The molecule has 23 heavy (non-hydrogen) atoms. The van der Waals surface area contributed by atoms with Gasteiger partial charge >= 0.3 is 149 Å². The van der Waals surface area contributed by atoms with Crippen LogP contribution in [0.4, 0.5) is 0 Å². The van der Waals surface area contributed by atoms with E-state index >= 15 is 0 Å². The van der Waals surface area contributed by atoms with E-state index < -0.39 is 18.8 Å². The Kier molecular flexibility index (Phi) is 10.7. The monoisotopic (exact) mass is 424 g/mol. The summed E-state index contributed by atoms with van der Waals surface area (Å²) in [6.07, 6.45) is 10.0. The zero-order chi connectivity index (χ0) is 17.0. The second kappa shape index (κ2) is 12.0. The maximum absolute atomic E-state index is 6.70. The number of unbranched alkanes of at least 4 members (excludes halogenated alkanes) is 3. The minimum atomic E-state index is -2.49. The van der Waals surface area contributed by atoms with Crippen molar-refractivity contribution in [3.05, 3.63) is 42.2 Å². The van der Waals surface area contributed by atoms with Crippen molar-refractivity contribution < 1.29 is 3.07 Å². The third kappa shape index (κ3) is 7.78. The first-order valence-electron chi connectivity index (χ1n) is 9.57. The Labute approximate surface area is 148 Å². The van der Waals surface area contributed by atoms with E-state index in [0.717, 1.165) is 0 Å².